The van der Waals surface area contributed by atoms with Crippen molar-refractivity contribution in [3.05, 3.63) is 63.3 Å². The van der Waals surface area contributed by atoms with Gasteiger partial charge in [0.1, 0.15) is 24.4 Å². The van der Waals surface area contributed by atoms with E-state index in [2.05, 4.69) is 0 Å². The van der Waals surface area contributed by atoms with Gasteiger partial charge in [-0.15, -0.1) is 11.3 Å². The van der Waals surface area contributed by atoms with Crippen LogP contribution in [0.4, 0.5) is 0 Å². The fourth-order valence-electron chi connectivity index (χ4n) is 7.18. The molecule has 0 spiro atoms. The second-order valence-corrected chi connectivity index (χ2v) is 12.7. The molecule has 14 heteroatoms. The zero-order valence-corrected chi connectivity index (χ0v) is 25.6. The van der Waals surface area contributed by atoms with Gasteiger partial charge in [0.2, 0.25) is 12.5 Å². The molecule has 0 unspecified atom stereocenters. The molecule has 3 fully saturated rings. The number of aliphatic hydroxyl groups is 2. The van der Waals surface area contributed by atoms with Crippen LogP contribution in [0.2, 0.25) is 0 Å². The second kappa shape index (κ2) is 11.6. The molecular formula is C32H32O13S. The van der Waals surface area contributed by atoms with E-state index < -0.39 is 66.8 Å². The van der Waals surface area contributed by atoms with Gasteiger partial charge in [0, 0.05) is 11.8 Å². The maximum absolute atomic E-state index is 13.5. The molecule has 5 aliphatic rings. The smallest absolute Gasteiger partial charge is 0.310 e. The van der Waals surface area contributed by atoms with Gasteiger partial charge < -0.3 is 58.0 Å². The number of esters is 1. The molecule has 0 saturated carbocycles. The first kappa shape index (κ1) is 29.8. The normalized spacial score (nSPS) is 34.3. The molecule has 4 aliphatic heterocycles. The van der Waals surface area contributed by atoms with Crippen LogP contribution >= 0.6 is 11.3 Å². The van der Waals surface area contributed by atoms with Crippen LogP contribution in [0.3, 0.4) is 0 Å². The van der Waals surface area contributed by atoms with Crippen molar-refractivity contribution >= 4 is 17.3 Å². The van der Waals surface area contributed by atoms with Crippen LogP contribution in [0, 0.1) is 11.8 Å². The summed E-state index contributed by atoms with van der Waals surface area (Å²) in [6.45, 7) is 0.171. The number of carbonyl (C=O) groups excluding carboxylic acids is 1. The first-order chi connectivity index (χ1) is 22.4. The number of fused-ring (bicyclic) bond motifs is 4. The van der Waals surface area contributed by atoms with Gasteiger partial charge in [-0.1, -0.05) is 6.07 Å². The average molecular weight is 657 g/mol. The number of aromatic hydroxyl groups is 1. The maximum atomic E-state index is 13.5. The summed E-state index contributed by atoms with van der Waals surface area (Å²) in [5, 5.41) is 35.0. The molecule has 3 saturated heterocycles. The summed E-state index contributed by atoms with van der Waals surface area (Å²) in [7, 11) is 2.86. The lowest BCUT2D eigenvalue weighted by Gasteiger charge is -2.48. The number of carbonyl (C=O) groups is 1. The molecule has 2 aromatic carbocycles. The van der Waals surface area contributed by atoms with Gasteiger partial charge in [-0.2, -0.15) is 0 Å². The van der Waals surface area contributed by atoms with E-state index in [9.17, 15) is 20.1 Å². The van der Waals surface area contributed by atoms with Gasteiger partial charge in [0.05, 0.1) is 44.3 Å². The molecule has 1 aliphatic carbocycles. The van der Waals surface area contributed by atoms with Crippen molar-refractivity contribution in [1.82, 2.24) is 0 Å². The van der Waals surface area contributed by atoms with Crippen LogP contribution in [-0.4, -0.2) is 86.2 Å². The number of methoxy groups -OCH3 is 2. The largest absolute Gasteiger partial charge is 0.502 e. The standard InChI is InChI=1S/C32H32O13S/c1-37-19-6-13(7-20(38-2)25(19)33)23-14-8-17-18(42-12-41-17)9-15(14)28(16-10-39-30(36)24(16)23)44-32-27(35)26(34)29-21(43-32)11-40-31(45-29)22-4-3-5-46-22/h3-9,16,21,23-24,26-29,31-35H,10-12H2,1-2H3/t16-,21+,23+,24-,26-,27+,28+,29-,31-,32-/m0/s1. The minimum atomic E-state index is -1.47. The number of ether oxygens (including phenoxy) is 9. The first-order valence-corrected chi connectivity index (χ1v) is 15.8. The Morgan fingerprint density at radius 3 is 2.35 bits per heavy atom. The van der Waals surface area contributed by atoms with Gasteiger partial charge in [0.15, 0.2) is 35.6 Å². The molecular weight excluding hydrogens is 624 g/mol. The van der Waals surface area contributed by atoms with E-state index in [1.54, 1.807) is 18.2 Å². The zero-order chi connectivity index (χ0) is 31.7. The summed E-state index contributed by atoms with van der Waals surface area (Å²) >= 11 is 1.46. The summed E-state index contributed by atoms with van der Waals surface area (Å²) in [4.78, 5) is 14.3. The summed E-state index contributed by atoms with van der Waals surface area (Å²) < 4.78 is 52.6. The molecule has 1 aromatic heterocycles. The quantitative estimate of drug-likeness (QED) is 0.333. The van der Waals surface area contributed by atoms with Crippen molar-refractivity contribution in [2.45, 2.75) is 49.0 Å². The molecule has 0 bridgehead atoms. The van der Waals surface area contributed by atoms with Gasteiger partial charge in [-0.05, 0) is 52.4 Å². The van der Waals surface area contributed by atoms with Gasteiger partial charge in [0.25, 0.3) is 0 Å². The fraction of sp³-hybridized carbons (Fsp3) is 0.469. The van der Waals surface area contributed by atoms with E-state index in [0.29, 0.717) is 28.2 Å². The van der Waals surface area contributed by atoms with Crippen molar-refractivity contribution in [2.75, 3.05) is 34.2 Å². The van der Waals surface area contributed by atoms with Crippen LogP contribution in [-0.2, 0) is 28.5 Å². The highest BCUT2D eigenvalue weighted by molar-refractivity contribution is 7.10. The van der Waals surface area contributed by atoms with Gasteiger partial charge in [-0.3, -0.25) is 4.79 Å². The Kier molecular flexibility index (Phi) is 7.48. The monoisotopic (exact) mass is 656 g/mol. The Hall–Kier alpha value is -3.63. The van der Waals surface area contributed by atoms with E-state index in [-0.39, 0.29) is 37.3 Å². The number of hydrogen-bond donors (Lipinski definition) is 3. The molecule has 10 atom stereocenters. The van der Waals surface area contributed by atoms with E-state index >= 15 is 0 Å². The van der Waals surface area contributed by atoms with E-state index in [1.807, 2.05) is 23.6 Å². The third kappa shape index (κ3) is 4.70. The van der Waals surface area contributed by atoms with Crippen LogP contribution in [0.25, 0.3) is 0 Å². The molecule has 13 nitrogen and oxygen atoms in total. The van der Waals surface area contributed by atoms with Crippen molar-refractivity contribution in [3.63, 3.8) is 0 Å². The van der Waals surface area contributed by atoms with Crippen molar-refractivity contribution in [1.29, 1.82) is 0 Å². The highest BCUT2D eigenvalue weighted by Gasteiger charge is 2.56. The number of thiophene rings is 1. The highest BCUT2D eigenvalue weighted by atomic mass is 32.1. The molecule has 244 valence electrons. The number of phenolic OH excluding ortho intramolecular Hbond substituents is 1. The van der Waals surface area contributed by atoms with E-state index in [1.165, 1.54) is 25.6 Å². The number of hydrogen-bond acceptors (Lipinski definition) is 14. The number of phenols is 1. The fourth-order valence-corrected chi connectivity index (χ4v) is 7.89. The number of benzene rings is 2. The number of aliphatic hydroxyl groups excluding tert-OH is 2. The summed E-state index contributed by atoms with van der Waals surface area (Å²) in [5.41, 5.74) is 2.00. The molecule has 3 N–H and O–H groups in total. The summed E-state index contributed by atoms with van der Waals surface area (Å²) in [6, 6.07) is 10.7. The third-order valence-corrected chi connectivity index (χ3v) is 10.3. The Morgan fingerprint density at radius 2 is 1.65 bits per heavy atom. The van der Waals surface area contributed by atoms with Gasteiger partial charge >= 0.3 is 5.97 Å². The third-order valence-electron chi connectivity index (χ3n) is 9.37. The van der Waals surface area contributed by atoms with Crippen LogP contribution in [0.5, 0.6) is 28.7 Å². The van der Waals surface area contributed by atoms with Crippen LogP contribution in [0.15, 0.2) is 41.8 Å². The summed E-state index contributed by atoms with van der Waals surface area (Å²) in [5.74, 6) is -1.08. The maximum Gasteiger partial charge on any atom is 0.310 e. The predicted octanol–water partition coefficient (Wildman–Crippen LogP) is 2.75. The topological polar surface area (TPSA) is 161 Å². The lowest BCUT2D eigenvalue weighted by Crippen LogP contribution is -2.62. The Labute approximate surface area is 267 Å². The molecule has 0 radical (unpaired) electrons. The number of cyclic esters (lactones) is 1. The highest BCUT2D eigenvalue weighted by Crippen LogP contribution is 2.57. The number of rotatable bonds is 6. The van der Waals surface area contributed by atoms with Crippen molar-refractivity contribution < 1.29 is 62.7 Å². The summed E-state index contributed by atoms with van der Waals surface area (Å²) in [6.07, 6.45) is -7.16. The molecule has 46 heavy (non-hydrogen) atoms. The van der Waals surface area contributed by atoms with Gasteiger partial charge in [-0.25, -0.2) is 0 Å². The molecule has 8 rings (SSSR count). The minimum Gasteiger partial charge on any atom is -0.502 e. The van der Waals surface area contributed by atoms with E-state index in [0.717, 1.165) is 4.88 Å². The Morgan fingerprint density at radius 1 is 0.913 bits per heavy atom. The van der Waals surface area contributed by atoms with Crippen molar-refractivity contribution in [2.24, 2.45) is 11.8 Å². The average Bonchev–Trinajstić information content (AvgIpc) is 3.85. The zero-order valence-electron chi connectivity index (χ0n) is 24.8. The van der Waals surface area contributed by atoms with Crippen molar-refractivity contribution in [3.8, 4) is 28.7 Å². The predicted molar refractivity (Wildman–Crippen MR) is 156 cm³/mol. The minimum absolute atomic E-state index is 0.0242. The Bertz CT molecular complexity index is 1600. The SMILES string of the molecule is COc1cc([C@@H]2c3cc4c(cc3[C@@H](O[C@@H]3O[C@@H]5CO[C@H](c6cccs6)O[C@@H]5[C@@H](O)[C@H]3O)[C@H]3COC(=O)[C@H]23)OCO4)cc(OC)c1O. The lowest BCUT2D eigenvalue weighted by molar-refractivity contribution is -0.368. The van der Waals surface area contributed by atoms with E-state index in [4.69, 9.17) is 42.6 Å². The first-order valence-electron chi connectivity index (χ1n) is 14.9. The molecule has 5 heterocycles. The Balaban J connectivity index is 1.16. The van der Waals surface area contributed by atoms with Crippen LogP contribution < -0.4 is 18.9 Å². The lowest BCUT2D eigenvalue weighted by atomic mass is 9.66. The van der Waals surface area contributed by atoms with Crippen LogP contribution in [0.1, 0.15) is 39.9 Å². The second-order valence-electron chi connectivity index (χ2n) is 11.8. The molecule has 3 aromatic rings. The molecule has 0 amide bonds.